The second-order valence-electron chi connectivity index (χ2n) is 4.37. The summed E-state index contributed by atoms with van der Waals surface area (Å²) in [4.78, 5) is 0.657. The molecule has 0 bridgehead atoms. The first kappa shape index (κ1) is 15.0. The maximum atomic E-state index is 12.7. The van der Waals surface area contributed by atoms with Crippen molar-refractivity contribution in [2.45, 2.75) is 25.3 Å². The quantitative estimate of drug-likeness (QED) is 0.923. The van der Waals surface area contributed by atoms with E-state index in [1.54, 1.807) is 24.4 Å². The van der Waals surface area contributed by atoms with Crippen LogP contribution in [0.2, 0.25) is 0 Å². The number of benzene rings is 1. The van der Waals surface area contributed by atoms with Crippen molar-refractivity contribution in [3.63, 3.8) is 0 Å². The van der Waals surface area contributed by atoms with Crippen LogP contribution in [0.4, 0.5) is 5.69 Å². The van der Waals surface area contributed by atoms with Crippen molar-refractivity contribution in [3.8, 4) is 0 Å². The highest BCUT2D eigenvalue weighted by molar-refractivity contribution is 7.93. The summed E-state index contributed by atoms with van der Waals surface area (Å²) >= 11 is 1.25. The standard InChI is InChI=1S/C14H17NO3S2/c1-3-15(12-6-4-5-11(2)9-12)20(17,18)14-7-8-19-13(14)10-16/h4-9,16H,3,10H2,1-2H3. The van der Waals surface area contributed by atoms with Crippen LogP contribution in [0.3, 0.4) is 0 Å². The van der Waals surface area contributed by atoms with Gasteiger partial charge in [-0.2, -0.15) is 0 Å². The van der Waals surface area contributed by atoms with Crippen molar-refractivity contribution in [1.29, 1.82) is 0 Å². The third kappa shape index (κ3) is 2.72. The molecule has 0 atom stereocenters. The van der Waals surface area contributed by atoms with E-state index in [1.165, 1.54) is 15.6 Å². The molecule has 0 fully saturated rings. The van der Waals surface area contributed by atoms with Gasteiger partial charge in [-0.25, -0.2) is 8.42 Å². The molecule has 2 rings (SSSR count). The fourth-order valence-corrected chi connectivity index (χ4v) is 4.80. The zero-order valence-corrected chi connectivity index (χ0v) is 13.0. The molecule has 1 heterocycles. The minimum Gasteiger partial charge on any atom is -0.391 e. The Kier molecular flexibility index (Phi) is 4.47. The maximum absolute atomic E-state index is 12.7. The first-order valence-electron chi connectivity index (χ1n) is 6.27. The average molecular weight is 311 g/mol. The molecule has 1 aromatic carbocycles. The molecule has 0 spiro atoms. The minimum atomic E-state index is -3.64. The van der Waals surface area contributed by atoms with Crippen LogP contribution < -0.4 is 4.31 Å². The van der Waals surface area contributed by atoms with Crippen LogP contribution in [-0.2, 0) is 16.6 Å². The van der Waals surface area contributed by atoms with Gasteiger partial charge in [0, 0.05) is 6.54 Å². The van der Waals surface area contributed by atoms with Gasteiger partial charge in [-0.3, -0.25) is 4.31 Å². The third-order valence-corrected chi connectivity index (χ3v) is 6.02. The van der Waals surface area contributed by atoms with E-state index >= 15 is 0 Å². The Balaban J connectivity index is 2.51. The van der Waals surface area contributed by atoms with Gasteiger partial charge in [0.15, 0.2) is 0 Å². The van der Waals surface area contributed by atoms with Crippen molar-refractivity contribution in [2.24, 2.45) is 0 Å². The van der Waals surface area contributed by atoms with Crippen molar-refractivity contribution in [3.05, 3.63) is 46.2 Å². The van der Waals surface area contributed by atoms with Crippen LogP contribution in [0.15, 0.2) is 40.6 Å². The van der Waals surface area contributed by atoms with E-state index in [0.717, 1.165) is 5.56 Å². The average Bonchev–Trinajstić information content (AvgIpc) is 2.88. The molecule has 0 aliphatic heterocycles. The smallest absolute Gasteiger partial charge is 0.265 e. The first-order valence-corrected chi connectivity index (χ1v) is 8.59. The van der Waals surface area contributed by atoms with E-state index < -0.39 is 10.0 Å². The fraction of sp³-hybridized carbons (Fsp3) is 0.286. The molecule has 20 heavy (non-hydrogen) atoms. The highest BCUT2D eigenvalue weighted by atomic mass is 32.2. The zero-order valence-electron chi connectivity index (χ0n) is 11.4. The summed E-state index contributed by atoms with van der Waals surface area (Å²) < 4.78 is 26.8. The Labute approximate surface area is 123 Å². The Hall–Kier alpha value is -1.37. The van der Waals surface area contributed by atoms with Crippen LogP contribution in [0.5, 0.6) is 0 Å². The van der Waals surface area contributed by atoms with E-state index in [-0.39, 0.29) is 11.5 Å². The van der Waals surface area contributed by atoms with Gasteiger partial charge in [0.05, 0.1) is 17.2 Å². The molecule has 0 radical (unpaired) electrons. The molecular weight excluding hydrogens is 294 g/mol. The summed E-state index contributed by atoms with van der Waals surface area (Å²) in [6.45, 7) is 3.79. The number of sulfonamides is 1. The number of aliphatic hydroxyl groups excluding tert-OH is 1. The second kappa shape index (κ2) is 5.95. The van der Waals surface area contributed by atoms with Gasteiger partial charge < -0.3 is 5.11 Å². The van der Waals surface area contributed by atoms with Gasteiger partial charge in [-0.15, -0.1) is 11.3 Å². The molecule has 0 aliphatic rings. The van der Waals surface area contributed by atoms with Gasteiger partial charge >= 0.3 is 0 Å². The number of aryl methyl sites for hydroxylation is 1. The summed E-state index contributed by atoms with van der Waals surface area (Å²) in [6.07, 6.45) is 0. The van der Waals surface area contributed by atoms with Crippen LogP contribution in [0, 0.1) is 6.92 Å². The molecular formula is C14H17NO3S2. The van der Waals surface area contributed by atoms with Crippen molar-refractivity contribution < 1.29 is 13.5 Å². The fourth-order valence-electron chi connectivity index (χ4n) is 2.07. The molecule has 6 heteroatoms. The van der Waals surface area contributed by atoms with Gasteiger partial charge in [0.2, 0.25) is 0 Å². The monoisotopic (exact) mass is 311 g/mol. The third-order valence-electron chi connectivity index (χ3n) is 2.99. The zero-order chi connectivity index (χ0) is 14.8. The minimum absolute atomic E-state index is 0.188. The van der Waals surface area contributed by atoms with Crippen molar-refractivity contribution >= 4 is 27.0 Å². The summed E-state index contributed by atoms with van der Waals surface area (Å²) in [5.41, 5.74) is 1.64. The topological polar surface area (TPSA) is 57.6 Å². The lowest BCUT2D eigenvalue weighted by Gasteiger charge is -2.23. The normalized spacial score (nSPS) is 11.6. The number of hydrogen-bond acceptors (Lipinski definition) is 4. The van der Waals surface area contributed by atoms with E-state index in [1.807, 2.05) is 25.1 Å². The van der Waals surface area contributed by atoms with Crippen molar-refractivity contribution in [2.75, 3.05) is 10.8 Å². The van der Waals surface area contributed by atoms with Crippen LogP contribution in [0.25, 0.3) is 0 Å². The predicted molar refractivity (Wildman–Crippen MR) is 81.6 cm³/mol. The second-order valence-corrected chi connectivity index (χ2v) is 7.21. The summed E-state index contributed by atoms with van der Waals surface area (Å²) in [5, 5.41) is 11.0. The first-order chi connectivity index (χ1) is 9.50. The van der Waals surface area contributed by atoms with Crippen LogP contribution in [-0.4, -0.2) is 20.1 Å². The lowest BCUT2D eigenvalue weighted by Crippen LogP contribution is -2.31. The molecule has 4 nitrogen and oxygen atoms in total. The van der Waals surface area contributed by atoms with E-state index in [4.69, 9.17) is 0 Å². The van der Waals surface area contributed by atoms with Gasteiger partial charge in [0.1, 0.15) is 4.90 Å². The van der Waals surface area contributed by atoms with Gasteiger partial charge in [-0.1, -0.05) is 12.1 Å². The summed E-state index contributed by atoms with van der Waals surface area (Å²) in [5.74, 6) is 0. The highest BCUT2D eigenvalue weighted by Crippen LogP contribution is 2.29. The molecule has 0 saturated heterocycles. The van der Waals surface area contributed by atoms with Gasteiger partial charge in [-0.05, 0) is 43.0 Å². The molecule has 0 amide bonds. The van der Waals surface area contributed by atoms with Crippen LogP contribution >= 0.6 is 11.3 Å². The highest BCUT2D eigenvalue weighted by Gasteiger charge is 2.26. The van der Waals surface area contributed by atoms with Crippen molar-refractivity contribution in [1.82, 2.24) is 0 Å². The molecule has 0 saturated carbocycles. The number of anilines is 1. The number of rotatable bonds is 5. The molecule has 1 aromatic heterocycles. The van der Waals surface area contributed by atoms with E-state index in [9.17, 15) is 13.5 Å². The summed E-state index contributed by atoms with van der Waals surface area (Å²) in [6, 6.07) is 8.92. The Morgan fingerprint density at radius 2 is 2.05 bits per heavy atom. The number of thiophene rings is 1. The lowest BCUT2D eigenvalue weighted by atomic mass is 10.2. The van der Waals surface area contributed by atoms with E-state index in [0.29, 0.717) is 17.1 Å². The van der Waals surface area contributed by atoms with E-state index in [2.05, 4.69) is 0 Å². The largest absolute Gasteiger partial charge is 0.391 e. The molecule has 2 aromatic rings. The van der Waals surface area contributed by atoms with Crippen LogP contribution in [0.1, 0.15) is 17.4 Å². The molecule has 0 aliphatic carbocycles. The predicted octanol–water partition coefficient (Wildman–Crippen LogP) is 2.76. The lowest BCUT2D eigenvalue weighted by molar-refractivity contribution is 0.282. The number of nitrogens with zero attached hydrogens (tertiary/aromatic N) is 1. The maximum Gasteiger partial charge on any atom is 0.265 e. The number of hydrogen-bond donors (Lipinski definition) is 1. The number of aliphatic hydroxyl groups is 1. The molecule has 0 unspecified atom stereocenters. The Morgan fingerprint density at radius 1 is 1.30 bits per heavy atom. The Morgan fingerprint density at radius 3 is 2.65 bits per heavy atom. The Bertz CT molecular complexity index is 692. The molecule has 1 N–H and O–H groups in total. The molecule has 108 valence electrons. The summed E-state index contributed by atoms with van der Waals surface area (Å²) in [7, 11) is -3.64. The SMILES string of the molecule is CCN(c1cccc(C)c1)S(=O)(=O)c1ccsc1CO. The van der Waals surface area contributed by atoms with Gasteiger partial charge in [0.25, 0.3) is 10.0 Å².